The van der Waals surface area contributed by atoms with Crippen LogP contribution in [0, 0.1) is 6.92 Å². The first-order valence-corrected chi connectivity index (χ1v) is 17.7. The van der Waals surface area contributed by atoms with Crippen molar-refractivity contribution in [1.29, 1.82) is 0 Å². The molecule has 1 unspecified atom stereocenters. The minimum absolute atomic E-state index is 0.00405. The Morgan fingerprint density at radius 1 is 0.854 bits per heavy atom. The molecule has 0 saturated heterocycles. The number of anilines is 1. The minimum Gasteiger partial charge on any atom is -0.497 e. The van der Waals surface area contributed by atoms with Gasteiger partial charge in [-0.1, -0.05) is 76.1 Å². The molecule has 254 valence electrons. The number of nitrogens with one attached hydrogen (secondary N) is 1. The summed E-state index contributed by atoms with van der Waals surface area (Å²) in [5.41, 5.74) is 2.00. The minimum atomic E-state index is -4.33. The fourth-order valence-corrected chi connectivity index (χ4v) is 7.04. The second-order valence-corrected chi connectivity index (χ2v) is 15.2. The molecule has 1 atom stereocenters. The van der Waals surface area contributed by atoms with Crippen LogP contribution < -0.4 is 19.1 Å². The van der Waals surface area contributed by atoms with Gasteiger partial charge in [-0.05, 0) is 75.2 Å². The third-order valence-corrected chi connectivity index (χ3v) is 9.82. The van der Waals surface area contributed by atoms with Gasteiger partial charge in [0.25, 0.3) is 10.0 Å². The lowest BCUT2D eigenvalue weighted by Gasteiger charge is -2.35. The van der Waals surface area contributed by atoms with Crippen molar-refractivity contribution in [2.75, 3.05) is 25.1 Å². The Hall–Kier alpha value is -4.35. The third kappa shape index (κ3) is 9.38. The van der Waals surface area contributed by atoms with Crippen LogP contribution in [0.25, 0.3) is 0 Å². The maximum atomic E-state index is 14.8. The standard InChI is InChI=1S/C37H42BrN3O6S/c1-26-15-18-31(19-16-26)48(44,45)41(32-23-30(46-5)17-20-34(32)47-6)25-35(42)40(24-28-13-10-14-29(38)21-28)33(36(43)39-37(2,3)4)22-27-11-8-7-9-12-27/h7-21,23,33H,22,24-25H2,1-6H3,(H,39,43). The maximum Gasteiger partial charge on any atom is 0.264 e. The van der Waals surface area contributed by atoms with Gasteiger partial charge in [-0.2, -0.15) is 0 Å². The summed E-state index contributed by atoms with van der Waals surface area (Å²) in [6, 6.07) is 27.0. The lowest BCUT2D eigenvalue weighted by molar-refractivity contribution is -0.140. The zero-order valence-corrected chi connectivity index (χ0v) is 30.5. The van der Waals surface area contributed by atoms with Gasteiger partial charge in [-0.15, -0.1) is 0 Å². The van der Waals surface area contributed by atoms with E-state index in [1.807, 2.05) is 82.3 Å². The Bertz CT molecular complexity index is 1830. The van der Waals surface area contributed by atoms with E-state index in [4.69, 9.17) is 9.47 Å². The molecule has 4 aromatic carbocycles. The molecular weight excluding hydrogens is 694 g/mol. The van der Waals surface area contributed by atoms with Crippen LogP contribution in [0.4, 0.5) is 5.69 Å². The average Bonchev–Trinajstić information content (AvgIpc) is 3.04. The van der Waals surface area contributed by atoms with Crippen molar-refractivity contribution in [1.82, 2.24) is 10.2 Å². The highest BCUT2D eigenvalue weighted by atomic mass is 79.9. The number of methoxy groups -OCH3 is 2. The molecular formula is C37H42BrN3O6S. The predicted molar refractivity (Wildman–Crippen MR) is 192 cm³/mol. The molecule has 0 bridgehead atoms. The average molecular weight is 737 g/mol. The van der Waals surface area contributed by atoms with E-state index in [1.165, 1.54) is 37.3 Å². The molecule has 0 aliphatic heterocycles. The van der Waals surface area contributed by atoms with Gasteiger partial charge in [0.15, 0.2) is 0 Å². The summed E-state index contributed by atoms with van der Waals surface area (Å²) in [6.45, 7) is 6.89. The molecule has 4 rings (SSSR count). The molecule has 2 amide bonds. The molecule has 4 aromatic rings. The Morgan fingerprint density at radius 2 is 1.52 bits per heavy atom. The van der Waals surface area contributed by atoms with Gasteiger partial charge in [-0.3, -0.25) is 13.9 Å². The summed E-state index contributed by atoms with van der Waals surface area (Å²) in [7, 11) is -1.43. The number of carbonyl (C=O) groups is 2. The molecule has 0 fully saturated rings. The van der Waals surface area contributed by atoms with Gasteiger partial charge in [0.1, 0.15) is 24.1 Å². The molecule has 0 radical (unpaired) electrons. The number of nitrogens with zero attached hydrogens (tertiary/aromatic N) is 2. The van der Waals surface area contributed by atoms with E-state index < -0.39 is 34.1 Å². The lowest BCUT2D eigenvalue weighted by Crippen LogP contribution is -2.56. The van der Waals surface area contributed by atoms with Crippen LogP contribution >= 0.6 is 15.9 Å². The number of sulfonamides is 1. The van der Waals surface area contributed by atoms with Gasteiger partial charge in [-0.25, -0.2) is 8.42 Å². The van der Waals surface area contributed by atoms with E-state index in [-0.39, 0.29) is 35.2 Å². The lowest BCUT2D eigenvalue weighted by atomic mass is 10.0. The summed E-state index contributed by atoms with van der Waals surface area (Å²) in [4.78, 5) is 30.3. The van der Waals surface area contributed by atoms with Crippen molar-refractivity contribution in [2.24, 2.45) is 0 Å². The SMILES string of the molecule is COc1ccc(OC)c(N(CC(=O)N(Cc2cccc(Br)c2)C(Cc2ccccc2)C(=O)NC(C)(C)C)S(=O)(=O)c2ccc(C)cc2)c1. The van der Waals surface area contributed by atoms with Crippen LogP contribution in [0.1, 0.15) is 37.5 Å². The number of benzene rings is 4. The summed E-state index contributed by atoms with van der Waals surface area (Å²) in [6.07, 6.45) is 0.204. The number of ether oxygens (including phenoxy) is 2. The molecule has 48 heavy (non-hydrogen) atoms. The number of aryl methyl sites for hydroxylation is 1. The summed E-state index contributed by atoms with van der Waals surface area (Å²) < 4.78 is 41.7. The van der Waals surface area contributed by atoms with Gasteiger partial charge >= 0.3 is 0 Å². The molecule has 0 heterocycles. The molecule has 0 aliphatic rings. The normalized spacial score (nSPS) is 12.1. The zero-order valence-electron chi connectivity index (χ0n) is 28.1. The number of carbonyl (C=O) groups excluding carboxylic acids is 2. The number of rotatable bonds is 13. The second kappa shape index (κ2) is 15.7. The highest BCUT2D eigenvalue weighted by molar-refractivity contribution is 9.10. The summed E-state index contributed by atoms with van der Waals surface area (Å²) in [5, 5.41) is 3.04. The Kier molecular flexibility index (Phi) is 11.9. The Labute approximate surface area is 292 Å². The van der Waals surface area contributed by atoms with Crippen LogP contribution in [0.15, 0.2) is 106 Å². The van der Waals surface area contributed by atoms with Gasteiger partial charge in [0, 0.05) is 29.0 Å². The third-order valence-electron chi connectivity index (χ3n) is 7.55. The quantitative estimate of drug-likeness (QED) is 0.168. The largest absolute Gasteiger partial charge is 0.497 e. The van der Waals surface area contributed by atoms with Crippen LogP contribution in [0.5, 0.6) is 11.5 Å². The summed E-state index contributed by atoms with van der Waals surface area (Å²) in [5.74, 6) is -0.342. The van der Waals surface area contributed by atoms with E-state index in [1.54, 1.807) is 24.3 Å². The van der Waals surface area contributed by atoms with E-state index in [0.717, 1.165) is 25.5 Å². The van der Waals surface area contributed by atoms with Crippen molar-refractivity contribution in [3.05, 3.63) is 118 Å². The van der Waals surface area contributed by atoms with E-state index in [2.05, 4.69) is 21.2 Å². The van der Waals surface area contributed by atoms with E-state index in [0.29, 0.717) is 5.75 Å². The fraction of sp³-hybridized carbons (Fsp3) is 0.297. The van der Waals surface area contributed by atoms with Gasteiger partial charge in [0.05, 0.1) is 24.8 Å². The van der Waals surface area contributed by atoms with Crippen molar-refractivity contribution in [3.8, 4) is 11.5 Å². The smallest absolute Gasteiger partial charge is 0.264 e. The first kappa shape index (κ1) is 36.5. The molecule has 0 aromatic heterocycles. The van der Waals surface area contributed by atoms with Crippen molar-refractivity contribution in [2.45, 2.75) is 57.1 Å². The van der Waals surface area contributed by atoms with Crippen LogP contribution in [-0.2, 0) is 32.6 Å². The first-order valence-electron chi connectivity index (χ1n) is 15.4. The zero-order chi connectivity index (χ0) is 35.1. The van der Waals surface area contributed by atoms with Crippen LogP contribution in [0.3, 0.4) is 0 Å². The maximum absolute atomic E-state index is 14.8. The van der Waals surface area contributed by atoms with Crippen LogP contribution in [0.2, 0.25) is 0 Å². The molecule has 9 nitrogen and oxygen atoms in total. The number of hydrogen-bond donors (Lipinski definition) is 1. The molecule has 0 spiro atoms. The van der Waals surface area contributed by atoms with Crippen molar-refractivity contribution >= 4 is 43.5 Å². The molecule has 1 N–H and O–H groups in total. The molecule has 0 saturated carbocycles. The molecule has 0 aliphatic carbocycles. The van der Waals surface area contributed by atoms with Gasteiger partial charge < -0.3 is 19.7 Å². The van der Waals surface area contributed by atoms with E-state index in [9.17, 15) is 18.0 Å². The monoisotopic (exact) mass is 735 g/mol. The van der Waals surface area contributed by atoms with Crippen molar-refractivity contribution < 1.29 is 27.5 Å². The topological polar surface area (TPSA) is 105 Å². The highest BCUT2D eigenvalue weighted by Crippen LogP contribution is 2.36. The fourth-order valence-electron chi connectivity index (χ4n) is 5.18. The second-order valence-electron chi connectivity index (χ2n) is 12.5. The van der Waals surface area contributed by atoms with Crippen LogP contribution in [-0.4, -0.2) is 57.5 Å². The first-order chi connectivity index (χ1) is 22.7. The summed E-state index contributed by atoms with van der Waals surface area (Å²) >= 11 is 3.51. The number of hydrogen-bond acceptors (Lipinski definition) is 6. The molecule has 11 heteroatoms. The predicted octanol–water partition coefficient (Wildman–Crippen LogP) is 6.52. The number of amides is 2. The number of halogens is 1. The Balaban J connectivity index is 1.88. The van der Waals surface area contributed by atoms with Gasteiger partial charge in [0.2, 0.25) is 11.8 Å². The van der Waals surface area contributed by atoms with E-state index >= 15 is 0 Å². The van der Waals surface area contributed by atoms with Crippen molar-refractivity contribution in [3.63, 3.8) is 0 Å². The highest BCUT2D eigenvalue weighted by Gasteiger charge is 2.36. The Morgan fingerprint density at radius 3 is 2.12 bits per heavy atom.